The Morgan fingerprint density at radius 1 is 0.500 bits per heavy atom. The second-order valence-electron chi connectivity index (χ2n) is 10.6. The Bertz CT molecular complexity index is 1180. The van der Waals surface area contributed by atoms with Gasteiger partial charge in [0.05, 0.1) is 59.5 Å². The quantitative estimate of drug-likeness (QED) is 0.0210. The van der Waals surface area contributed by atoms with Gasteiger partial charge in [-0.15, -0.1) is 0 Å². The highest BCUT2D eigenvalue weighted by Crippen LogP contribution is 2.17. The summed E-state index contributed by atoms with van der Waals surface area (Å²) in [6.07, 6.45) is 0.202. The number of rotatable bonds is 29. The van der Waals surface area contributed by atoms with E-state index in [4.69, 9.17) is 37.9 Å². The van der Waals surface area contributed by atoms with Crippen molar-refractivity contribution in [2.45, 2.75) is 77.8 Å². The fraction of sp³-hybridized carbons (Fsp3) is 0.647. The number of hydrogen-bond donors (Lipinski definition) is 6. The van der Waals surface area contributed by atoms with Crippen LogP contribution in [0.2, 0.25) is 0 Å². The SMILES string of the molecule is CC=C(O)C(=O)OCCCOCC(OCCCOC(=O)C(O)=CC)C(O)C(OCCCOC(=O)C(O)=CC)C(CO)OCCCOC(=O)C(O)=CC. The van der Waals surface area contributed by atoms with Gasteiger partial charge in [-0.05, 0) is 52.0 Å². The summed E-state index contributed by atoms with van der Waals surface area (Å²) in [6.45, 7) is 4.21. The van der Waals surface area contributed by atoms with Crippen LogP contribution in [-0.2, 0) is 57.1 Å². The largest absolute Gasteiger partial charge is 0.502 e. The van der Waals surface area contributed by atoms with Gasteiger partial charge in [0, 0.05) is 32.3 Å². The number of allylic oxidation sites excluding steroid dienone is 4. The lowest BCUT2D eigenvalue weighted by molar-refractivity contribution is -0.180. The molecule has 52 heavy (non-hydrogen) atoms. The molecule has 6 N–H and O–H groups in total. The molecule has 18 nitrogen and oxygen atoms in total. The lowest BCUT2D eigenvalue weighted by Gasteiger charge is -2.34. The van der Waals surface area contributed by atoms with E-state index in [-0.39, 0.29) is 85.1 Å². The molecule has 4 unspecified atom stereocenters. The van der Waals surface area contributed by atoms with Gasteiger partial charge in [0.1, 0.15) is 24.4 Å². The molecule has 0 rings (SSSR count). The summed E-state index contributed by atoms with van der Waals surface area (Å²) in [4.78, 5) is 46.7. The zero-order valence-corrected chi connectivity index (χ0v) is 30.1. The predicted octanol–water partition coefficient (Wildman–Crippen LogP) is 2.09. The van der Waals surface area contributed by atoms with Gasteiger partial charge in [-0.2, -0.15) is 0 Å². The molecule has 0 aliphatic carbocycles. The minimum Gasteiger partial charge on any atom is -0.502 e. The van der Waals surface area contributed by atoms with E-state index in [0.29, 0.717) is 0 Å². The molecule has 18 heteroatoms. The summed E-state index contributed by atoms with van der Waals surface area (Å²) in [7, 11) is 0. The fourth-order valence-corrected chi connectivity index (χ4v) is 3.79. The standard InChI is InChI=1S/C34H54O18/c1-5-23(36)31(41)49-17-9-13-45-22-28(47-15-11-19-51-33(43)25(38)7-3)29(40)30(48-16-12-20-52-34(44)26(39)8-4)27(21-35)46-14-10-18-50-32(42)24(37)6-2/h5-8,27-30,35-40H,9-22H2,1-4H3. The third kappa shape index (κ3) is 20.6. The molecule has 0 saturated carbocycles. The minimum atomic E-state index is -1.53. The van der Waals surface area contributed by atoms with Crippen molar-refractivity contribution in [2.75, 3.05) is 66.1 Å². The van der Waals surface area contributed by atoms with E-state index in [1.54, 1.807) is 0 Å². The Morgan fingerprint density at radius 2 is 0.827 bits per heavy atom. The van der Waals surface area contributed by atoms with Crippen LogP contribution in [0.4, 0.5) is 0 Å². The molecule has 0 aliphatic rings. The topological polar surface area (TPSA) is 263 Å². The summed E-state index contributed by atoms with van der Waals surface area (Å²) in [6, 6.07) is 0. The summed E-state index contributed by atoms with van der Waals surface area (Å²) in [5, 5.41) is 59.5. The number of hydrogen-bond acceptors (Lipinski definition) is 18. The summed E-state index contributed by atoms with van der Waals surface area (Å²) < 4.78 is 42.9. The average molecular weight is 751 g/mol. The molecule has 0 saturated heterocycles. The normalized spacial score (nSPS) is 15.0. The first kappa shape index (κ1) is 47.8. The molecule has 0 fully saturated rings. The van der Waals surface area contributed by atoms with Crippen molar-refractivity contribution >= 4 is 23.9 Å². The minimum absolute atomic E-state index is 0.0358. The van der Waals surface area contributed by atoms with Crippen LogP contribution in [-0.4, -0.2) is 145 Å². The molecule has 4 atom stereocenters. The maximum absolute atomic E-state index is 11.7. The van der Waals surface area contributed by atoms with E-state index in [9.17, 15) is 49.8 Å². The molecular weight excluding hydrogens is 696 g/mol. The average Bonchev–Trinajstić information content (AvgIpc) is 3.15. The van der Waals surface area contributed by atoms with Gasteiger partial charge in [0.2, 0.25) is 0 Å². The van der Waals surface area contributed by atoms with Crippen molar-refractivity contribution in [1.29, 1.82) is 0 Å². The Hall–Kier alpha value is -4.20. The van der Waals surface area contributed by atoms with Crippen LogP contribution in [0.5, 0.6) is 0 Å². The lowest BCUT2D eigenvalue weighted by Crippen LogP contribution is -2.51. The van der Waals surface area contributed by atoms with Crippen LogP contribution in [0, 0.1) is 0 Å². The monoisotopic (exact) mass is 750 g/mol. The van der Waals surface area contributed by atoms with Gasteiger partial charge in [0.15, 0.2) is 23.0 Å². The van der Waals surface area contributed by atoms with Crippen molar-refractivity contribution in [1.82, 2.24) is 0 Å². The molecule has 0 radical (unpaired) electrons. The van der Waals surface area contributed by atoms with Crippen LogP contribution in [0.3, 0.4) is 0 Å². The number of aliphatic hydroxyl groups is 6. The maximum atomic E-state index is 11.7. The number of aliphatic hydroxyl groups excluding tert-OH is 6. The van der Waals surface area contributed by atoms with Crippen LogP contribution < -0.4 is 0 Å². The number of ether oxygens (including phenoxy) is 8. The van der Waals surface area contributed by atoms with Crippen molar-refractivity contribution in [3.05, 3.63) is 47.3 Å². The fourth-order valence-electron chi connectivity index (χ4n) is 3.79. The molecule has 0 bridgehead atoms. The highest BCUT2D eigenvalue weighted by molar-refractivity contribution is 5.86. The van der Waals surface area contributed by atoms with Crippen LogP contribution in [0.25, 0.3) is 0 Å². The zero-order chi connectivity index (χ0) is 39.3. The van der Waals surface area contributed by atoms with E-state index in [1.165, 1.54) is 45.9 Å². The molecule has 0 aromatic heterocycles. The second-order valence-corrected chi connectivity index (χ2v) is 10.6. The summed E-state index contributed by atoms with van der Waals surface area (Å²) >= 11 is 0. The predicted molar refractivity (Wildman–Crippen MR) is 181 cm³/mol. The Kier molecular flexibility index (Phi) is 27.0. The highest BCUT2D eigenvalue weighted by atomic mass is 16.6. The highest BCUT2D eigenvalue weighted by Gasteiger charge is 2.36. The molecule has 0 aromatic rings. The van der Waals surface area contributed by atoms with Crippen molar-refractivity contribution < 1.29 is 87.7 Å². The first-order chi connectivity index (χ1) is 24.9. The van der Waals surface area contributed by atoms with Crippen LogP contribution in [0.15, 0.2) is 47.3 Å². The zero-order valence-electron chi connectivity index (χ0n) is 30.1. The number of carbonyl (C=O) groups excluding carboxylic acids is 4. The first-order valence-electron chi connectivity index (χ1n) is 16.7. The third-order valence-corrected chi connectivity index (χ3v) is 6.68. The molecule has 298 valence electrons. The summed E-state index contributed by atoms with van der Waals surface area (Å²) in [5.74, 6) is -5.94. The van der Waals surface area contributed by atoms with Crippen LogP contribution in [0.1, 0.15) is 53.4 Å². The Labute approximate surface area is 302 Å². The number of carbonyl (C=O) groups is 4. The molecule has 0 spiro atoms. The van der Waals surface area contributed by atoms with E-state index in [1.807, 2.05) is 0 Å². The molecular formula is C34H54O18. The van der Waals surface area contributed by atoms with Crippen molar-refractivity contribution in [3.8, 4) is 0 Å². The van der Waals surface area contributed by atoms with Gasteiger partial charge >= 0.3 is 23.9 Å². The number of esters is 4. The van der Waals surface area contributed by atoms with Gasteiger partial charge in [0.25, 0.3) is 0 Å². The Balaban J connectivity index is 5.71. The summed E-state index contributed by atoms with van der Waals surface area (Å²) in [5.41, 5.74) is 0. The third-order valence-electron chi connectivity index (χ3n) is 6.68. The molecule has 0 aliphatic heterocycles. The molecule has 0 aromatic carbocycles. The van der Waals surface area contributed by atoms with Gasteiger partial charge in [-0.3, -0.25) is 0 Å². The van der Waals surface area contributed by atoms with E-state index in [2.05, 4.69) is 0 Å². The van der Waals surface area contributed by atoms with Crippen LogP contribution >= 0.6 is 0 Å². The second kappa shape index (κ2) is 29.4. The smallest absolute Gasteiger partial charge is 0.373 e. The first-order valence-corrected chi connectivity index (χ1v) is 16.7. The lowest BCUT2D eigenvalue weighted by atomic mass is 10.0. The van der Waals surface area contributed by atoms with Gasteiger partial charge in [-0.25, -0.2) is 19.2 Å². The van der Waals surface area contributed by atoms with E-state index >= 15 is 0 Å². The van der Waals surface area contributed by atoms with Gasteiger partial charge < -0.3 is 68.5 Å². The van der Waals surface area contributed by atoms with Crippen molar-refractivity contribution in [2.24, 2.45) is 0 Å². The van der Waals surface area contributed by atoms with Gasteiger partial charge in [-0.1, -0.05) is 0 Å². The van der Waals surface area contributed by atoms with Crippen molar-refractivity contribution in [3.63, 3.8) is 0 Å². The molecule has 0 amide bonds. The molecule has 0 heterocycles. The maximum Gasteiger partial charge on any atom is 0.373 e. The Morgan fingerprint density at radius 3 is 1.17 bits per heavy atom. The van der Waals surface area contributed by atoms with E-state index < -0.39 is 77.9 Å². The van der Waals surface area contributed by atoms with E-state index in [0.717, 1.165) is 6.08 Å².